The van der Waals surface area contributed by atoms with E-state index < -0.39 is 10.9 Å². The van der Waals surface area contributed by atoms with Crippen LogP contribution < -0.4 is 4.74 Å². The maximum atomic E-state index is 11.6. The Bertz CT molecular complexity index is 655. The Morgan fingerprint density at radius 1 is 1.09 bits per heavy atom. The normalized spacial score (nSPS) is 10.0. The van der Waals surface area contributed by atoms with Crippen LogP contribution in [0.1, 0.15) is 5.56 Å². The number of esters is 1. The predicted octanol–water partition coefficient (Wildman–Crippen LogP) is 3.37. The Labute approximate surface area is 131 Å². The van der Waals surface area contributed by atoms with Crippen molar-refractivity contribution in [1.29, 1.82) is 0 Å². The van der Waals surface area contributed by atoms with Gasteiger partial charge in [-0.3, -0.25) is 10.1 Å². The van der Waals surface area contributed by atoms with Gasteiger partial charge in [0.2, 0.25) is 0 Å². The van der Waals surface area contributed by atoms with Crippen LogP contribution in [0.15, 0.2) is 48.5 Å². The van der Waals surface area contributed by atoms with Crippen LogP contribution in [0.3, 0.4) is 0 Å². The summed E-state index contributed by atoms with van der Waals surface area (Å²) in [7, 11) is 0. The maximum Gasteiger partial charge on any atom is 0.344 e. The highest BCUT2D eigenvalue weighted by molar-refractivity contribution is 6.30. The van der Waals surface area contributed by atoms with E-state index >= 15 is 0 Å². The molecule has 7 heteroatoms. The molecule has 0 amide bonds. The number of ether oxygens (including phenoxy) is 2. The SMILES string of the molecule is O=C(COc1ccc(Cl)cc1)OCc1ccc([N+](=O)[O-])cc1. The van der Waals surface area contributed by atoms with E-state index in [9.17, 15) is 14.9 Å². The molecule has 0 N–H and O–H groups in total. The molecule has 0 spiro atoms. The lowest BCUT2D eigenvalue weighted by atomic mass is 10.2. The summed E-state index contributed by atoms with van der Waals surface area (Å²) in [5.41, 5.74) is 0.645. The van der Waals surface area contributed by atoms with Crippen molar-refractivity contribution in [2.75, 3.05) is 6.61 Å². The molecule has 114 valence electrons. The summed E-state index contributed by atoms with van der Waals surface area (Å²) in [5, 5.41) is 11.1. The standard InChI is InChI=1S/C15H12ClNO5/c16-12-3-7-14(8-4-12)21-10-15(18)22-9-11-1-5-13(6-2-11)17(19)20/h1-8H,9-10H2. The lowest BCUT2D eigenvalue weighted by Gasteiger charge is -2.07. The second-order valence-electron chi connectivity index (χ2n) is 4.33. The first-order valence-corrected chi connectivity index (χ1v) is 6.70. The molecule has 0 aliphatic carbocycles. The summed E-state index contributed by atoms with van der Waals surface area (Å²) in [4.78, 5) is 21.6. The van der Waals surface area contributed by atoms with Crippen LogP contribution in [-0.4, -0.2) is 17.5 Å². The van der Waals surface area contributed by atoms with E-state index in [1.807, 2.05) is 0 Å². The molecule has 0 aliphatic rings. The third-order valence-electron chi connectivity index (χ3n) is 2.72. The van der Waals surface area contributed by atoms with Crippen LogP contribution in [0.4, 0.5) is 5.69 Å². The number of carbonyl (C=O) groups excluding carboxylic acids is 1. The molecule has 0 fully saturated rings. The Morgan fingerprint density at radius 2 is 1.73 bits per heavy atom. The van der Waals surface area contributed by atoms with Crippen molar-refractivity contribution in [2.24, 2.45) is 0 Å². The number of benzene rings is 2. The van der Waals surface area contributed by atoms with Crippen molar-refractivity contribution < 1.29 is 19.2 Å². The summed E-state index contributed by atoms with van der Waals surface area (Å²) in [6.07, 6.45) is 0. The molecule has 0 saturated carbocycles. The summed E-state index contributed by atoms with van der Waals surface area (Å²) in [6.45, 7) is -0.199. The van der Waals surface area contributed by atoms with Gasteiger partial charge < -0.3 is 9.47 Å². The highest BCUT2D eigenvalue weighted by atomic mass is 35.5. The van der Waals surface area contributed by atoms with Crippen molar-refractivity contribution in [3.05, 3.63) is 69.2 Å². The quantitative estimate of drug-likeness (QED) is 0.463. The minimum absolute atomic E-state index is 0.0128. The topological polar surface area (TPSA) is 78.7 Å². The van der Waals surface area contributed by atoms with Crippen LogP contribution in [-0.2, 0) is 16.1 Å². The predicted molar refractivity (Wildman–Crippen MR) is 79.8 cm³/mol. The van der Waals surface area contributed by atoms with E-state index in [1.165, 1.54) is 24.3 Å². The van der Waals surface area contributed by atoms with Gasteiger partial charge in [0, 0.05) is 17.2 Å². The molecule has 0 unspecified atom stereocenters. The molecular formula is C15H12ClNO5. The second kappa shape index (κ2) is 7.42. The van der Waals surface area contributed by atoms with E-state index in [0.717, 1.165) is 0 Å². The molecule has 0 aliphatic heterocycles. The number of nitrogens with zero attached hydrogens (tertiary/aromatic N) is 1. The average molecular weight is 322 g/mol. The van der Waals surface area contributed by atoms with Gasteiger partial charge in [-0.25, -0.2) is 4.79 Å². The molecule has 0 bridgehead atoms. The van der Waals surface area contributed by atoms with Gasteiger partial charge in [0.1, 0.15) is 12.4 Å². The van der Waals surface area contributed by atoms with Crippen molar-refractivity contribution in [2.45, 2.75) is 6.61 Å². The Hall–Kier alpha value is -2.60. The van der Waals surface area contributed by atoms with E-state index in [2.05, 4.69) is 0 Å². The van der Waals surface area contributed by atoms with Crippen molar-refractivity contribution in [3.8, 4) is 5.75 Å². The minimum Gasteiger partial charge on any atom is -0.482 e. The summed E-state index contributed by atoms with van der Waals surface area (Å²) in [6, 6.07) is 12.4. The van der Waals surface area contributed by atoms with Crippen LogP contribution in [0.25, 0.3) is 0 Å². The van der Waals surface area contributed by atoms with E-state index in [4.69, 9.17) is 21.1 Å². The highest BCUT2D eigenvalue weighted by Gasteiger charge is 2.07. The Morgan fingerprint density at radius 3 is 2.32 bits per heavy atom. The number of nitro groups is 1. The number of rotatable bonds is 6. The fraction of sp³-hybridized carbons (Fsp3) is 0.133. The monoisotopic (exact) mass is 321 g/mol. The van der Waals surface area contributed by atoms with Crippen molar-refractivity contribution in [1.82, 2.24) is 0 Å². The zero-order valence-corrected chi connectivity index (χ0v) is 12.2. The van der Waals surface area contributed by atoms with Crippen molar-refractivity contribution in [3.63, 3.8) is 0 Å². The first-order valence-electron chi connectivity index (χ1n) is 6.32. The third-order valence-corrected chi connectivity index (χ3v) is 2.97. The van der Waals surface area contributed by atoms with Gasteiger partial charge in [-0.05, 0) is 42.0 Å². The van der Waals surface area contributed by atoms with Crippen LogP contribution >= 0.6 is 11.6 Å². The fourth-order valence-corrected chi connectivity index (χ4v) is 1.72. The smallest absolute Gasteiger partial charge is 0.344 e. The Kier molecular flexibility index (Phi) is 5.32. The molecule has 2 aromatic carbocycles. The Balaban J connectivity index is 1.77. The average Bonchev–Trinajstić information content (AvgIpc) is 2.52. The van der Waals surface area contributed by atoms with Crippen LogP contribution in [0.5, 0.6) is 5.75 Å². The summed E-state index contributed by atoms with van der Waals surface area (Å²) < 4.78 is 10.3. The number of hydrogen-bond acceptors (Lipinski definition) is 5. The molecule has 2 rings (SSSR count). The minimum atomic E-state index is -0.534. The second-order valence-corrected chi connectivity index (χ2v) is 4.76. The zero-order valence-electron chi connectivity index (χ0n) is 11.4. The van der Waals surface area contributed by atoms with Gasteiger partial charge in [-0.2, -0.15) is 0 Å². The number of nitro benzene ring substituents is 1. The van der Waals surface area contributed by atoms with Gasteiger partial charge in [0.15, 0.2) is 6.61 Å². The first kappa shape index (κ1) is 15.8. The number of halogens is 1. The van der Waals surface area contributed by atoms with Crippen molar-refractivity contribution >= 4 is 23.3 Å². The number of non-ortho nitro benzene ring substituents is 1. The van der Waals surface area contributed by atoms with Crippen LogP contribution in [0.2, 0.25) is 5.02 Å². The van der Waals surface area contributed by atoms with E-state index in [-0.39, 0.29) is 18.9 Å². The molecule has 6 nitrogen and oxygen atoms in total. The van der Waals surface area contributed by atoms with Gasteiger partial charge in [-0.1, -0.05) is 11.6 Å². The molecule has 22 heavy (non-hydrogen) atoms. The third kappa shape index (κ3) is 4.75. The highest BCUT2D eigenvalue weighted by Crippen LogP contribution is 2.16. The molecule has 2 aromatic rings. The lowest BCUT2D eigenvalue weighted by molar-refractivity contribution is -0.384. The van der Waals surface area contributed by atoms with Gasteiger partial charge >= 0.3 is 5.97 Å². The fourth-order valence-electron chi connectivity index (χ4n) is 1.59. The molecule has 0 radical (unpaired) electrons. The molecule has 0 saturated heterocycles. The summed E-state index contributed by atoms with van der Waals surface area (Å²) >= 11 is 5.73. The number of carbonyl (C=O) groups is 1. The van der Waals surface area contributed by atoms with E-state index in [0.29, 0.717) is 16.3 Å². The largest absolute Gasteiger partial charge is 0.482 e. The number of hydrogen-bond donors (Lipinski definition) is 0. The van der Waals surface area contributed by atoms with Crippen LogP contribution in [0, 0.1) is 10.1 Å². The molecular weight excluding hydrogens is 310 g/mol. The molecule has 0 heterocycles. The lowest BCUT2D eigenvalue weighted by Crippen LogP contribution is -2.14. The zero-order chi connectivity index (χ0) is 15.9. The van der Waals surface area contributed by atoms with Gasteiger partial charge in [0.05, 0.1) is 4.92 Å². The molecule has 0 aromatic heterocycles. The first-order chi connectivity index (χ1) is 10.5. The van der Waals surface area contributed by atoms with Gasteiger partial charge in [-0.15, -0.1) is 0 Å². The molecule has 0 atom stereocenters. The maximum absolute atomic E-state index is 11.6. The summed E-state index contributed by atoms with van der Waals surface area (Å²) in [5.74, 6) is -0.0232. The van der Waals surface area contributed by atoms with Gasteiger partial charge in [0.25, 0.3) is 5.69 Å². The van der Waals surface area contributed by atoms with E-state index in [1.54, 1.807) is 24.3 Å².